The second-order valence-corrected chi connectivity index (χ2v) is 5.57. The Morgan fingerprint density at radius 3 is 2.41 bits per heavy atom. The van der Waals surface area contributed by atoms with Gasteiger partial charge in [-0.2, -0.15) is 0 Å². The lowest BCUT2D eigenvalue weighted by atomic mass is 9.64. The largest absolute Gasteiger partial charge is 0.392 e. The zero-order valence-corrected chi connectivity index (χ0v) is 10.6. The van der Waals surface area contributed by atoms with Gasteiger partial charge in [-0.3, -0.25) is 0 Å². The number of aliphatic hydroxyl groups excluding tert-OH is 1. The molecule has 1 aliphatic carbocycles. The third-order valence-electron chi connectivity index (χ3n) is 4.04. The Kier molecular flexibility index (Phi) is 3.23. The van der Waals surface area contributed by atoms with Gasteiger partial charge in [-0.15, -0.1) is 0 Å². The molecule has 94 valence electrons. The van der Waals surface area contributed by atoms with Crippen molar-refractivity contribution in [2.24, 2.45) is 5.41 Å². The summed E-state index contributed by atoms with van der Waals surface area (Å²) >= 11 is 0. The maximum absolute atomic E-state index is 12.8. The molecular formula is C14H20FNO. The molecular weight excluding hydrogens is 217 g/mol. The van der Waals surface area contributed by atoms with Crippen molar-refractivity contribution in [3.05, 3.63) is 35.6 Å². The smallest absolute Gasteiger partial charge is 0.123 e. The molecule has 1 aliphatic rings. The predicted molar refractivity (Wildman–Crippen MR) is 66.1 cm³/mol. The monoisotopic (exact) mass is 237 g/mol. The number of benzene rings is 1. The quantitative estimate of drug-likeness (QED) is 0.847. The van der Waals surface area contributed by atoms with E-state index in [-0.39, 0.29) is 23.4 Å². The van der Waals surface area contributed by atoms with Crippen LogP contribution in [0.2, 0.25) is 0 Å². The highest BCUT2D eigenvalue weighted by molar-refractivity contribution is 5.20. The minimum atomic E-state index is -0.222. The number of rotatable bonds is 3. The van der Waals surface area contributed by atoms with Crippen molar-refractivity contribution >= 4 is 0 Å². The summed E-state index contributed by atoms with van der Waals surface area (Å²) in [6.45, 7) is 6.19. The van der Waals surface area contributed by atoms with E-state index in [2.05, 4.69) is 26.1 Å². The molecule has 3 heteroatoms. The zero-order chi connectivity index (χ0) is 12.6. The zero-order valence-electron chi connectivity index (χ0n) is 10.6. The van der Waals surface area contributed by atoms with Crippen molar-refractivity contribution in [1.29, 1.82) is 0 Å². The average Bonchev–Trinajstić information content (AvgIpc) is 2.29. The Morgan fingerprint density at radius 1 is 1.35 bits per heavy atom. The van der Waals surface area contributed by atoms with Gasteiger partial charge < -0.3 is 10.4 Å². The minimum absolute atomic E-state index is 0.0751. The first kappa shape index (κ1) is 12.5. The summed E-state index contributed by atoms with van der Waals surface area (Å²) < 4.78 is 12.8. The molecule has 1 saturated carbocycles. The summed E-state index contributed by atoms with van der Waals surface area (Å²) in [5.41, 5.74) is 0.998. The van der Waals surface area contributed by atoms with E-state index in [9.17, 15) is 9.50 Å². The summed E-state index contributed by atoms with van der Waals surface area (Å²) in [7, 11) is 0. The highest BCUT2D eigenvalue weighted by Crippen LogP contribution is 2.41. The van der Waals surface area contributed by atoms with Gasteiger partial charge in [-0.25, -0.2) is 4.39 Å². The van der Waals surface area contributed by atoms with Crippen molar-refractivity contribution in [2.45, 2.75) is 45.4 Å². The molecule has 1 fully saturated rings. The lowest BCUT2D eigenvalue weighted by molar-refractivity contribution is -0.0754. The maximum Gasteiger partial charge on any atom is 0.123 e. The number of halogens is 1. The van der Waals surface area contributed by atoms with E-state index in [0.717, 1.165) is 12.0 Å². The summed E-state index contributed by atoms with van der Waals surface area (Å²) in [4.78, 5) is 0. The number of nitrogens with one attached hydrogen (secondary N) is 1. The van der Waals surface area contributed by atoms with Crippen LogP contribution in [0.1, 0.15) is 38.8 Å². The molecule has 0 bridgehead atoms. The van der Waals surface area contributed by atoms with Gasteiger partial charge in [0, 0.05) is 17.5 Å². The van der Waals surface area contributed by atoms with Crippen LogP contribution >= 0.6 is 0 Å². The summed E-state index contributed by atoms with van der Waals surface area (Å²) in [5, 5.41) is 13.2. The molecule has 0 radical (unpaired) electrons. The second-order valence-electron chi connectivity index (χ2n) is 5.57. The van der Waals surface area contributed by atoms with Gasteiger partial charge in [0.25, 0.3) is 0 Å². The first-order valence-corrected chi connectivity index (χ1v) is 6.11. The Balaban J connectivity index is 1.98. The lowest BCUT2D eigenvalue weighted by Crippen LogP contribution is -2.60. The molecule has 17 heavy (non-hydrogen) atoms. The molecule has 2 rings (SSSR count). The second kappa shape index (κ2) is 4.39. The normalized spacial score (nSPS) is 28.5. The van der Waals surface area contributed by atoms with E-state index in [1.54, 1.807) is 12.1 Å². The highest BCUT2D eigenvalue weighted by Gasteiger charge is 2.47. The summed E-state index contributed by atoms with van der Waals surface area (Å²) in [6, 6.07) is 7.05. The molecule has 2 nitrogen and oxygen atoms in total. The Morgan fingerprint density at radius 2 is 1.94 bits per heavy atom. The average molecular weight is 237 g/mol. The molecule has 1 aromatic carbocycles. The number of hydrogen-bond donors (Lipinski definition) is 2. The maximum atomic E-state index is 12.8. The predicted octanol–water partition coefficient (Wildman–Crippen LogP) is 2.64. The Bertz CT molecular complexity index is 388. The van der Waals surface area contributed by atoms with Crippen LogP contribution in [-0.2, 0) is 0 Å². The van der Waals surface area contributed by atoms with Crippen LogP contribution in [-0.4, -0.2) is 17.3 Å². The molecule has 0 saturated heterocycles. The third kappa shape index (κ3) is 2.35. The topological polar surface area (TPSA) is 32.3 Å². The van der Waals surface area contributed by atoms with Crippen LogP contribution in [0, 0.1) is 11.2 Å². The van der Waals surface area contributed by atoms with E-state index in [1.165, 1.54) is 12.1 Å². The van der Waals surface area contributed by atoms with E-state index in [1.807, 2.05) is 0 Å². The fraction of sp³-hybridized carbons (Fsp3) is 0.571. The van der Waals surface area contributed by atoms with E-state index < -0.39 is 0 Å². The van der Waals surface area contributed by atoms with Gasteiger partial charge in [0.05, 0.1) is 6.10 Å². The SMILES string of the molecule is C[C@@H](NC1CC(O)C1(C)C)c1ccc(F)cc1. The van der Waals surface area contributed by atoms with Crippen molar-refractivity contribution < 1.29 is 9.50 Å². The minimum Gasteiger partial charge on any atom is -0.392 e. The molecule has 3 atom stereocenters. The fourth-order valence-electron chi connectivity index (χ4n) is 2.33. The van der Waals surface area contributed by atoms with Gasteiger partial charge in [0.15, 0.2) is 0 Å². The Hall–Kier alpha value is -0.930. The van der Waals surface area contributed by atoms with Crippen LogP contribution in [0.25, 0.3) is 0 Å². The van der Waals surface area contributed by atoms with Crippen molar-refractivity contribution in [3.8, 4) is 0 Å². The molecule has 0 aromatic heterocycles. The fourth-order valence-corrected chi connectivity index (χ4v) is 2.33. The third-order valence-corrected chi connectivity index (χ3v) is 4.04. The molecule has 0 aliphatic heterocycles. The van der Waals surface area contributed by atoms with Crippen molar-refractivity contribution in [1.82, 2.24) is 5.32 Å². The lowest BCUT2D eigenvalue weighted by Gasteiger charge is -2.50. The number of aliphatic hydroxyl groups is 1. The van der Waals surface area contributed by atoms with Crippen LogP contribution in [0.15, 0.2) is 24.3 Å². The number of hydrogen-bond acceptors (Lipinski definition) is 2. The van der Waals surface area contributed by atoms with Crippen LogP contribution < -0.4 is 5.32 Å². The first-order valence-electron chi connectivity index (χ1n) is 6.11. The van der Waals surface area contributed by atoms with Gasteiger partial charge in [-0.05, 0) is 31.0 Å². The molecule has 2 N–H and O–H groups in total. The van der Waals surface area contributed by atoms with Gasteiger partial charge in [0.2, 0.25) is 0 Å². The van der Waals surface area contributed by atoms with Crippen LogP contribution in [0.5, 0.6) is 0 Å². The van der Waals surface area contributed by atoms with E-state index >= 15 is 0 Å². The van der Waals surface area contributed by atoms with Crippen molar-refractivity contribution in [3.63, 3.8) is 0 Å². The first-order chi connectivity index (χ1) is 7.91. The van der Waals surface area contributed by atoms with E-state index in [0.29, 0.717) is 6.04 Å². The van der Waals surface area contributed by atoms with Crippen LogP contribution in [0.3, 0.4) is 0 Å². The molecule has 0 spiro atoms. The molecule has 0 heterocycles. The standard InChI is InChI=1S/C14H20FNO/c1-9(10-4-6-11(15)7-5-10)16-12-8-13(17)14(12,2)3/h4-7,9,12-13,16-17H,8H2,1-3H3/t9-,12?,13?/m1/s1. The highest BCUT2D eigenvalue weighted by atomic mass is 19.1. The van der Waals surface area contributed by atoms with Crippen LogP contribution in [0.4, 0.5) is 4.39 Å². The molecule has 0 amide bonds. The summed E-state index contributed by atoms with van der Waals surface area (Å²) in [5.74, 6) is -0.208. The van der Waals surface area contributed by atoms with Crippen molar-refractivity contribution in [2.75, 3.05) is 0 Å². The molecule has 1 aromatic rings. The van der Waals surface area contributed by atoms with Gasteiger partial charge in [0.1, 0.15) is 5.82 Å². The van der Waals surface area contributed by atoms with Gasteiger partial charge in [-0.1, -0.05) is 26.0 Å². The summed E-state index contributed by atoms with van der Waals surface area (Å²) in [6.07, 6.45) is 0.568. The van der Waals surface area contributed by atoms with E-state index in [4.69, 9.17) is 0 Å². The van der Waals surface area contributed by atoms with Gasteiger partial charge >= 0.3 is 0 Å². The molecule has 2 unspecified atom stereocenters. The Labute approximate surface area is 102 Å².